The zero-order chi connectivity index (χ0) is 20.8. The summed E-state index contributed by atoms with van der Waals surface area (Å²) in [5.74, 6) is 0.195. The first kappa shape index (κ1) is 18.7. The minimum atomic E-state index is 0.0507. The largest absolute Gasteiger partial charge is 0.331 e. The van der Waals surface area contributed by atoms with Crippen molar-refractivity contribution in [3.63, 3.8) is 0 Å². The number of aromatic nitrogens is 1. The molecule has 2 aliphatic heterocycles. The van der Waals surface area contributed by atoms with Crippen LogP contribution in [0.1, 0.15) is 57.6 Å². The molecule has 0 saturated heterocycles. The van der Waals surface area contributed by atoms with E-state index in [4.69, 9.17) is 4.99 Å². The third-order valence-electron chi connectivity index (χ3n) is 6.25. The molecule has 1 amide bonds. The Morgan fingerprint density at radius 1 is 1.00 bits per heavy atom. The van der Waals surface area contributed by atoms with Crippen LogP contribution < -0.4 is 0 Å². The molecule has 0 aliphatic carbocycles. The molecule has 3 aromatic rings. The van der Waals surface area contributed by atoms with E-state index in [0.29, 0.717) is 19.5 Å². The molecular weight excluding hydrogens is 370 g/mol. The number of amides is 1. The Balaban J connectivity index is 1.49. The lowest BCUT2D eigenvalue weighted by Gasteiger charge is -2.34. The van der Waals surface area contributed by atoms with Crippen LogP contribution in [0.25, 0.3) is 0 Å². The van der Waals surface area contributed by atoms with Crippen LogP contribution in [0.5, 0.6) is 0 Å². The van der Waals surface area contributed by atoms with Crippen molar-refractivity contribution >= 4 is 11.6 Å². The summed E-state index contributed by atoms with van der Waals surface area (Å²) < 4.78 is 0. The number of aliphatic imine (C=N–C) groups is 1. The highest BCUT2D eigenvalue weighted by atomic mass is 16.2. The number of nitrogens with zero attached hydrogens (tertiary/aromatic N) is 3. The van der Waals surface area contributed by atoms with Gasteiger partial charge < -0.3 is 4.90 Å². The third-order valence-corrected chi connectivity index (χ3v) is 6.25. The second-order valence-corrected chi connectivity index (χ2v) is 8.42. The van der Waals surface area contributed by atoms with E-state index < -0.39 is 0 Å². The molecule has 150 valence electrons. The quantitative estimate of drug-likeness (QED) is 0.646. The van der Waals surface area contributed by atoms with E-state index in [1.54, 1.807) is 0 Å². The van der Waals surface area contributed by atoms with E-state index in [1.165, 1.54) is 27.8 Å². The summed E-state index contributed by atoms with van der Waals surface area (Å²) in [5.41, 5.74) is 10.3. The molecule has 0 saturated carbocycles. The number of benzene rings is 2. The fourth-order valence-corrected chi connectivity index (χ4v) is 4.59. The standard InChI is InChI=1S/C26H25N3O/c1-16-5-4-6-19(9-16)18(3)29-15-23-12-24-22(11-21(23)13-25(29)30)14-28-26(24)20-7-8-27-17(2)10-20/h4-12,18H,13-15H2,1-3H3/t18-/m0/s1. The van der Waals surface area contributed by atoms with Crippen LogP contribution >= 0.6 is 0 Å². The second kappa shape index (κ2) is 7.21. The molecule has 0 bridgehead atoms. The maximum absolute atomic E-state index is 13.0. The van der Waals surface area contributed by atoms with E-state index >= 15 is 0 Å². The summed E-state index contributed by atoms with van der Waals surface area (Å²) in [4.78, 5) is 24.1. The van der Waals surface area contributed by atoms with Gasteiger partial charge in [0, 0.05) is 29.6 Å². The van der Waals surface area contributed by atoms with Crippen LogP contribution in [0.3, 0.4) is 0 Å². The Morgan fingerprint density at radius 3 is 2.67 bits per heavy atom. The zero-order valence-corrected chi connectivity index (χ0v) is 17.6. The van der Waals surface area contributed by atoms with Gasteiger partial charge in [-0.2, -0.15) is 0 Å². The number of carbonyl (C=O) groups is 1. The van der Waals surface area contributed by atoms with E-state index in [1.807, 2.05) is 24.1 Å². The van der Waals surface area contributed by atoms with Crippen LogP contribution in [0.2, 0.25) is 0 Å². The lowest BCUT2D eigenvalue weighted by molar-refractivity contribution is -0.134. The first-order valence-electron chi connectivity index (χ1n) is 10.5. The predicted molar refractivity (Wildman–Crippen MR) is 119 cm³/mol. The van der Waals surface area contributed by atoms with Gasteiger partial charge >= 0.3 is 0 Å². The fourth-order valence-electron chi connectivity index (χ4n) is 4.59. The van der Waals surface area contributed by atoms with E-state index in [9.17, 15) is 4.79 Å². The lowest BCUT2D eigenvalue weighted by atomic mass is 9.90. The first-order chi connectivity index (χ1) is 14.5. The van der Waals surface area contributed by atoms with Gasteiger partial charge in [0.2, 0.25) is 5.91 Å². The van der Waals surface area contributed by atoms with Gasteiger partial charge in [-0.15, -0.1) is 0 Å². The topological polar surface area (TPSA) is 45.6 Å². The van der Waals surface area contributed by atoms with Crippen molar-refractivity contribution < 1.29 is 4.79 Å². The summed E-state index contributed by atoms with van der Waals surface area (Å²) in [6.07, 6.45) is 2.30. The molecule has 30 heavy (non-hydrogen) atoms. The number of carbonyl (C=O) groups excluding carboxylic acids is 1. The van der Waals surface area contributed by atoms with E-state index in [0.717, 1.165) is 22.5 Å². The van der Waals surface area contributed by atoms with Gasteiger partial charge in [0.25, 0.3) is 0 Å². The Kier molecular flexibility index (Phi) is 4.50. The molecule has 4 heteroatoms. The molecule has 2 aliphatic rings. The monoisotopic (exact) mass is 395 g/mol. The van der Waals surface area contributed by atoms with Crippen LogP contribution in [-0.2, 0) is 24.3 Å². The average Bonchev–Trinajstić information content (AvgIpc) is 3.14. The molecule has 2 aromatic carbocycles. The van der Waals surface area contributed by atoms with Crippen LogP contribution in [0.4, 0.5) is 0 Å². The molecule has 0 spiro atoms. The highest BCUT2D eigenvalue weighted by Gasteiger charge is 2.30. The predicted octanol–water partition coefficient (Wildman–Crippen LogP) is 4.70. The number of aryl methyl sites for hydroxylation is 2. The van der Waals surface area contributed by atoms with Crippen LogP contribution in [0.15, 0.2) is 59.7 Å². The van der Waals surface area contributed by atoms with Crippen molar-refractivity contribution in [1.82, 2.24) is 9.88 Å². The maximum atomic E-state index is 13.0. The Labute approximate surface area is 177 Å². The molecule has 0 unspecified atom stereocenters. The van der Waals surface area contributed by atoms with E-state index in [-0.39, 0.29) is 11.9 Å². The Hall–Kier alpha value is -3.27. The number of rotatable bonds is 3. The van der Waals surface area contributed by atoms with Crippen LogP contribution in [0, 0.1) is 13.8 Å². The highest BCUT2D eigenvalue weighted by molar-refractivity contribution is 6.15. The average molecular weight is 396 g/mol. The lowest BCUT2D eigenvalue weighted by Crippen LogP contribution is -2.38. The van der Waals surface area contributed by atoms with E-state index in [2.05, 4.69) is 61.3 Å². The molecule has 1 atom stereocenters. The van der Waals surface area contributed by atoms with Crippen molar-refractivity contribution in [2.45, 2.75) is 46.3 Å². The summed E-state index contributed by atoms with van der Waals surface area (Å²) in [6, 6.07) is 17.1. The van der Waals surface area contributed by atoms with Gasteiger partial charge in [0.15, 0.2) is 0 Å². The van der Waals surface area contributed by atoms with Gasteiger partial charge in [-0.3, -0.25) is 14.8 Å². The van der Waals surface area contributed by atoms with Crippen molar-refractivity contribution in [3.8, 4) is 0 Å². The SMILES string of the molecule is Cc1cccc([C@H](C)N2Cc3cc4c(cc3CC2=O)CN=C4c2ccnc(C)c2)c1. The Bertz CT molecular complexity index is 1190. The van der Waals surface area contributed by atoms with Crippen molar-refractivity contribution in [1.29, 1.82) is 0 Å². The summed E-state index contributed by atoms with van der Waals surface area (Å²) >= 11 is 0. The number of fused-ring (bicyclic) bond motifs is 2. The number of pyridine rings is 1. The minimum absolute atomic E-state index is 0.0507. The summed E-state index contributed by atoms with van der Waals surface area (Å²) in [5, 5.41) is 0. The number of hydrogen-bond donors (Lipinski definition) is 0. The van der Waals surface area contributed by atoms with Gasteiger partial charge in [-0.25, -0.2) is 0 Å². The number of hydrogen-bond acceptors (Lipinski definition) is 3. The van der Waals surface area contributed by atoms with Gasteiger partial charge in [-0.05, 0) is 61.2 Å². The molecule has 4 nitrogen and oxygen atoms in total. The Morgan fingerprint density at radius 2 is 1.87 bits per heavy atom. The molecule has 0 radical (unpaired) electrons. The normalized spacial score (nSPS) is 16.2. The minimum Gasteiger partial charge on any atom is -0.331 e. The van der Waals surface area contributed by atoms with Gasteiger partial charge in [-0.1, -0.05) is 35.9 Å². The highest BCUT2D eigenvalue weighted by Crippen LogP contribution is 2.33. The molecule has 1 aromatic heterocycles. The van der Waals surface area contributed by atoms with Crippen molar-refractivity contribution in [2.75, 3.05) is 0 Å². The zero-order valence-electron chi connectivity index (χ0n) is 17.6. The maximum Gasteiger partial charge on any atom is 0.227 e. The molecular formula is C26H25N3O. The molecule has 0 N–H and O–H groups in total. The van der Waals surface area contributed by atoms with Gasteiger partial charge in [0.05, 0.1) is 24.7 Å². The van der Waals surface area contributed by atoms with Crippen molar-refractivity contribution in [3.05, 3.63) is 99.4 Å². The third kappa shape index (κ3) is 3.22. The first-order valence-corrected chi connectivity index (χ1v) is 10.5. The summed E-state index contributed by atoms with van der Waals surface area (Å²) in [6.45, 7) is 7.53. The molecule has 3 heterocycles. The van der Waals surface area contributed by atoms with Crippen molar-refractivity contribution in [2.24, 2.45) is 4.99 Å². The fraction of sp³-hybridized carbons (Fsp3) is 0.269. The molecule has 0 fully saturated rings. The van der Waals surface area contributed by atoms with Gasteiger partial charge in [0.1, 0.15) is 0 Å². The van der Waals surface area contributed by atoms with Crippen LogP contribution in [-0.4, -0.2) is 21.5 Å². The molecule has 5 rings (SSSR count). The second-order valence-electron chi connectivity index (χ2n) is 8.42. The smallest absolute Gasteiger partial charge is 0.227 e. The summed E-state index contributed by atoms with van der Waals surface area (Å²) in [7, 11) is 0.